The minimum absolute atomic E-state index is 0.109. The van der Waals surface area contributed by atoms with E-state index in [2.05, 4.69) is 10.2 Å². The quantitative estimate of drug-likeness (QED) is 0.552. The maximum atomic E-state index is 14.5. The third kappa shape index (κ3) is 5.47. The van der Waals surface area contributed by atoms with E-state index >= 15 is 0 Å². The van der Waals surface area contributed by atoms with Crippen LogP contribution in [0.5, 0.6) is 5.75 Å². The van der Waals surface area contributed by atoms with Crippen LogP contribution in [0.4, 0.5) is 15.8 Å². The number of nitrogens with one attached hydrogen (secondary N) is 1. The minimum atomic E-state index is -3.90. The van der Waals surface area contributed by atoms with Crippen molar-refractivity contribution in [3.63, 3.8) is 0 Å². The van der Waals surface area contributed by atoms with Gasteiger partial charge in [0.15, 0.2) is 0 Å². The lowest BCUT2D eigenvalue weighted by Crippen LogP contribution is -2.48. The summed E-state index contributed by atoms with van der Waals surface area (Å²) in [5, 5.41) is 2.67. The van der Waals surface area contributed by atoms with Gasteiger partial charge in [-0.1, -0.05) is 6.07 Å². The Labute approximate surface area is 205 Å². The van der Waals surface area contributed by atoms with Gasteiger partial charge >= 0.3 is 0 Å². The average molecular weight is 498 g/mol. The Balaban J connectivity index is 1.49. The second kappa shape index (κ2) is 10.1. The van der Waals surface area contributed by atoms with Gasteiger partial charge in [0.2, 0.25) is 10.0 Å². The molecule has 184 valence electrons. The summed E-state index contributed by atoms with van der Waals surface area (Å²) in [6, 6.07) is 16.4. The number of nitrogens with zero attached hydrogens (tertiary/aromatic N) is 2. The maximum Gasteiger partial charge on any atom is 0.258 e. The van der Waals surface area contributed by atoms with Gasteiger partial charge in [-0.15, -0.1) is 0 Å². The molecule has 9 heteroatoms. The SMILES string of the molecule is COc1ccc(N2CCN(S(=O)(=O)c3ccc(F)c(C(=O)Nc4cc(C)cc(C)c4)c3)CC2)cc1. The van der Waals surface area contributed by atoms with E-state index in [-0.39, 0.29) is 23.5 Å². The molecule has 1 aliphatic heterocycles. The van der Waals surface area contributed by atoms with E-state index in [0.29, 0.717) is 18.8 Å². The van der Waals surface area contributed by atoms with Crippen LogP contribution in [0.2, 0.25) is 0 Å². The molecular weight excluding hydrogens is 469 g/mol. The average Bonchev–Trinajstić information content (AvgIpc) is 2.83. The first kappa shape index (κ1) is 24.7. The Kier molecular flexibility index (Phi) is 7.09. The summed E-state index contributed by atoms with van der Waals surface area (Å²) in [6.07, 6.45) is 0. The zero-order chi connectivity index (χ0) is 25.2. The monoisotopic (exact) mass is 497 g/mol. The first-order chi connectivity index (χ1) is 16.7. The van der Waals surface area contributed by atoms with Crippen molar-refractivity contribution in [2.24, 2.45) is 0 Å². The van der Waals surface area contributed by atoms with E-state index in [1.54, 1.807) is 19.2 Å². The van der Waals surface area contributed by atoms with Gasteiger partial charge < -0.3 is 15.0 Å². The van der Waals surface area contributed by atoms with Crippen LogP contribution in [0.1, 0.15) is 21.5 Å². The van der Waals surface area contributed by atoms with Gasteiger partial charge in [-0.25, -0.2) is 12.8 Å². The van der Waals surface area contributed by atoms with E-state index in [1.807, 2.05) is 44.2 Å². The molecule has 0 radical (unpaired) electrons. The molecule has 1 N–H and O–H groups in total. The predicted octanol–water partition coefficient (Wildman–Crippen LogP) is 4.21. The highest BCUT2D eigenvalue weighted by molar-refractivity contribution is 7.89. The smallest absolute Gasteiger partial charge is 0.258 e. The van der Waals surface area contributed by atoms with Gasteiger partial charge in [-0.05, 0) is 79.6 Å². The third-order valence-corrected chi connectivity index (χ3v) is 7.87. The van der Waals surface area contributed by atoms with Gasteiger partial charge in [-0.2, -0.15) is 4.31 Å². The van der Waals surface area contributed by atoms with Crippen molar-refractivity contribution in [2.75, 3.05) is 43.5 Å². The van der Waals surface area contributed by atoms with E-state index in [4.69, 9.17) is 4.74 Å². The fourth-order valence-electron chi connectivity index (χ4n) is 4.21. The highest BCUT2D eigenvalue weighted by Crippen LogP contribution is 2.25. The molecule has 0 aromatic heterocycles. The predicted molar refractivity (Wildman–Crippen MR) is 134 cm³/mol. The molecule has 7 nitrogen and oxygen atoms in total. The number of hydrogen-bond donors (Lipinski definition) is 1. The number of anilines is 2. The van der Waals surface area contributed by atoms with Crippen LogP contribution in [0.3, 0.4) is 0 Å². The van der Waals surface area contributed by atoms with Crippen molar-refractivity contribution >= 4 is 27.3 Å². The number of methoxy groups -OCH3 is 1. The number of rotatable bonds is 6. The number of ether oxygens (including phenoxy) is 1. The normalized spacial score (nSPS) is 14.6. The number of benzene rings is 3. The minimum Gasteiger partial charge on any atom is -0.497 e. The summed E-state index contributed by atoms with van der Waals surface area (Å²) >= 11 is 0. The van der Waals surface area contributed by atoms with Crippen molar-refractivity contribution in [2.45, 2.75) is 18.7 Å². The van der Waals surface area contributed by atoms with E-state index < -0.39 is 21.7 Å². The molecule has 3 aromatic carbocycles. The molecule has 1 heterocycles. The molecule has 4 rings (SSSR count). The highest BCUT2D eigenvalue weighted by Gasteiger charge is 2.30. The molecule has 1 aliphatic rings. The van der Waals surface area contributed by atoms with Crippen LogP contribution in [-0.4, -0.2) is 51.9 Å². The number of sulfonamides is 1. The molecule has 35 heavy (non-hydrogen) atoms. The zero-order valence-corrected chi connectivity index (χ0v) is 20.7. The lowest BCUT2D eigenvalue weighted by molar-refractivity contribution is 0.102. The van der Waals surface area contributed by atoms with Crippen LogP contribution in [-0.2, 0) is 10.0 Å². The number of amides is 1. The fraction of sp³-hybridized carbons (Fsp3) is 0.269. The summed E-state index contributed by atoms with van der Waals surface area (Å²) in [5.74, 6) is -0.729. The Morgan fingerprint density at radius 1 is 0.914 bits per heavy atom. The van der Waals surface area contributed by atoms with E-state index in [9.17, 15) is 17.6 Å². The Morgan fingerprint density at radius 3 is 2.14 bits per heavy atom. The Morgan fingerprint density at radius 2 is 1.54 bits per heavy atom. The van der Waals surface area contributed by atoms with Crippen LogP contribution < -0.4 is 15.0 Å². The number of carbonyl (C=O) groups is 1. The molecule has 1 amide bonds. The molecule has 0 atom stereocenters. The Hall–Kier alpha value is -3.43. The number of carbonyl (C=O) groups excluding carboxylic acids is 1. The summed E-state index contributed by atoms with van der Waals surface area (Å²) in [6.45, 7) is 5.35. The Bertz CT molecular complexity index is 1310. The number of halogens is 1. The molecule has 1 saturated heterocycles. The molecule has 1 fully saturated rings. The van der Waals surface area contributed by atoms with Crippen molar-refractivity contribution in [1.29, 1.82) is 0 Å². The maximum absolute atomic E-state index is 14.5. The van der Waals surface area contributed by atoms with E-state index in [0.717, 1.165) is 34.7 Å². The first-order valence-corrected chi connectivity index (χ1v) is 12.7. The van der Waals surface area contributed by atoms with Crippen molar-refractivity contribution in [3.8, 4) is 5.75 Å². The summed E-state index contributed by atoms with van der Waals surface area (Å²) in [7, 11) is -2.29. The van der Waals surface area contributed by atoms with Crippen LogP contribution in [0, 0.1) is 19.7 Å². The largest absolute Gasteiger partial charge is 0.497 e. The van der Waals surface area contributed by atoms with Gasteiger partial charge in [0.25, 0.3) is 5.91 Å². The van der Waals surface area contributed by atoms with Crippen molar-refractivity contribution in [1.82, 2.24) is 4.31 Å². The lowest BCUT2D eigenvalue weighted by atomic mass is 10.1. The van der Waals surface area contributed by atoms with Crippen LogP contribution in [0.15, 0.2) is 65.6 Å². The summed E-state index contributed by atoms with van der Waals surface area (Å²) in [5.41, 5.74) is 3.09. The van der Waals surface area contributed by atoms with Crippen LogP contribution in [0.25, 0.3) is 0 Å². The molecule has 0 spiro atoms. The topological polar surface area (TPSA) is 79.0 Å². The first-order valence-electron chi connectivity index (χ1n) is 11.3. The number of aryl methyl sites for hydroxylation is 2. The summed E-state index contributed by atoms with van der Waals surface area (Å²) < 4.78 is 47.6. The summed E-state index contributed by atoms with van der Waals surface area (Å²) in [4.78, 5) is 14.8. The van der Waals surface area contributed by atoms with Gasteiger partial charge in [0.05, 0.1) is 17.6 Å². The molecule has 3 aromatic rings. The molecule has 0 saturated carbocycles. The number of piperazine rings is 1. The van der Waals surface area contributed by atoms with E-state index in [1.165, 1.54) is 10.4 Å². The van der Waals surface area contributed by atoms with Gasteiger partial charge in [0, 0.05) is 37.6 Å². The number of hydrogen-bond acceptors (Lipinski definition) is 5. The standard InChI is InChI=1S/C26H28FN3O4S/c1-18-14-19(2)16-20(15-18)28-26(31)24-17-23(8-9-25(24)27)35(32,33)30-12-10-29(11-13-30)21-4-6-22(34-3)7-5-21/h4-9,14-17H,10-13H2,1-3H3,(H,28,31). The second-order valence-electron chi connectivity index (χ2n) is 8.56. The molecule has 0 aliphatic carbocycles. The third-order valence-electron chi connectivity index (χ3n) is 5.98. The molecular formula is C26H28FN3O4S. The van der Waals surface area contributed by atoms with Crippen LogP contribution >= 0.6 is 0 Å². The molecule has 0 unspecified atom stereocenters. The van der Waals surface area contributed by atoms with Crippen molar-refractivity contribution in [3.05, 3.63) is 83.2 Å². The lowest BCUT2D eigenvalue weighted by Gasteiger charge is -2.35. The second-order valence-corrected chi connectivity index (χ2v) is 10.5. The zero-order valence-electron chi connectivity index (χ0n) is 19.9. The van der Waals surface area contributed by atoms with Gasteiger partial charge in [-0.3, -0.25) is 4.79 Å². The highest BCUT2D eigenvalue weighted by atomic mass is 32.2. The fourth-order valence-corrected chi connectivity index (χ4v) is 5.66. The molecule has 0 bridgehead atoms. The van der Waals surface area contributed by atoms with Crippen molar-refractivity contribution < 1.29 is 22.3 Å². The van der Waals surface area contributed by atoms with Gasteiger partial charge in [0.1, 0.15) is 11.6 Å².